The van der Waals surface area contributed by atoms with Crippen LogP contribution in [-0.2, 0) is 0 Å². The Labute approximate surface area is 114 Å². The lowest BCUT2D eigenvalue weighted by Gasteiger charge is -2.02. The molecule has 0 spiro atoms. The Balaban J connectivity index is 2.35. The Morgan fingerprint density at radius 1 is 1.26 bits per heavy atom. The summed E-state index contributed by atoms with van der Waals surface area (Å²) in [5.74, 6) is 0. The third kappa shape index (κ3) is 1.85. The molecule has 3 aromatic rings. The third-order valence-corrected chi connectivity index (χ3v) is 3.21. The van der Waals surface area contributed by atoms with Gasteiger partial charge in [-0.3, -0.25) is 0 Å². The van der Waals surface area contributed by atoms with Gasteiger partial charge in [0, 0.05) is 5.39 Å². The van der Waals surface area contributed by atoms with Gasteiger partial charge in [0.25, 0.3) is 0 Å². The Kier molecular flexibility index (Phi) is 2.69. The highest BCUT2D eigenvalue weighted by Gasteiger charge is 2.13. The van der Waals surface area contributed by atoms with Crippen LogP contribution in [0.3, 0.4) is 0 Å². The van der Waals surface area contributed by atoms with Crippen LogP contribution < -0.4 is 0 Å². The summed E-state index contributed by atoms with van der Waals surface area (Å²) in [4.78, 5) is 4.29. The lowest BCUT2D eigenvalue weighted by Crippen LogP contribution is -1.97. The molecule has 0 saturated heterocycles. The predicted octanol–water partition coefficient (Wildman–Crippen LogP) is 3.25. The third-order valence-electron chi connectivity index (χ3n) is 2.92. The molecule has 0 aliphatic heterocycles. The van der Waals surface area contributed by atoms with Crippen molar-refractivity contribution < 1.29 is 0 Å². The fraction of sp³-hybridized carbons (Fsp3) is 0.0714. The number of rotatable bonds is 1. The quantitative estimate of drug-likeness (QED) is 0.637. The number of para-hydroxylation sites is 1. The van der Waals surface area contributed by atoms with Gasteiger partial charge >= 0.3 is 0 Å². The zero-order valence-corrected chi connectivity index (χ0v) is 10.9. The van der Waals surface area contributed by atoms with E-state index >= 15 is 0 Å². The van der Waals surface area contributed by atoms with Gasteiger partial charge in [-0.05, 0) is 25.1 Å². The van der Waals surface area contributed by atoms with Crippen molar-refractivity contribution in [1.29, 1.82) is 5.26 Å². The van der Waals surface area contributed by atoms with Crippen LogP contribution in [0.2, 0.25) is 5.15 Å². The lowest BCUT2D eigenvalue weighted by atomic mass is 10.2. The van der Waals surface area contributed by atoms with Crippen molar-refractivity contribution >= 4 is 22.6 Å². The first-order valence-corrected chi connectivity index (χ1v) is 6.10. The molecule has 3 rings (SSSR count). The average molecular weight is 269 g/mol. The summed E-state index contributed by atoms with van der Waals surface area (Å²) in [5, 5.41) is 14.5. The molecule has 0 fully saturated rings. The molecule has 0 radical (unpaired) electrons. The molecule has 5 heteroatoms. The second-order valence-electron chi connectivity index (χ2n) is 4.14. The van der Waals surface area contributed by atoms with Gasteiger partial charge in [0.15, 0.2) is 5.65 Å². The SMILES string of the molecule is Cc1nn(-c2ccccc2)c2nc(Cl)c(C#N)cc12. The minimum atomic E-state index is 0.201. The number of aryl methyl sites for hydroxylation is 1. The van der Waals surface area contributed by atoms with Crippen LogP contribution in [0.4, 0.5) is 0 Å². The summed E-state index contributed by atoms with van der Waals surface area (Å²) in [7, 11) is 0. The zero-order valence-electron chi connectivity index (χ0n) is 10.1. The molecular formula is C14H9ClN4. The molecule has 19 heavy (non-hydrogen) atoms. The van der Waals surface area contributed by atoms with Crippen LogP contribution in [0.15, 0.2) is 36.4 Å². The second-order valence-corrected chi connectivity index (χ2v) is 4.50. The number of pyridine rings is 1. The van der Waals surface area contributed by atoms with Crippen molar-refractivity contribution in [2.45, 2.75) is 6.92 Å². The second kappa shape index (κ2) is 4.38. The highest BCUT2D eigenvalue weighted by molar-refractivity contribution is 6.31. The molecule has 0 bridgehead atoms. The number of aromatic nitrogens is 3. The fourth-order valence-corrected chi connectivity index (χ4v) is 2.17. The smallest absolute Gasteiger partial charge is 0.164 e. The van der Waals surface area contributed by atoms with Gasteiger partial charge in [-0.1, -0.05) is 29.8 Å². The van der Waals surface area contributed by atoms with E-state index in [-0.39, 0.29) is 5.15 Å². The molecule has 0 unspecified atom stereocenters. The van der Waals surface area contributed by atoms with Gasteiger partial charge in [-0.15, -0.1) is 0 Å². The van der Waals surface area contributed by atoms with Gasteiger partial charge in [0.1, 0.15) is 11.2 Å². The van der Waals surface area contributed by atoms with Gasteiger partial charge in [0.2, 0.25) is 0 Å². The molecule has 2 aromatic heterocycles. The standard InChI is InChI=1S/C14H9ClN4/c1-9-12-7-10(8-16)13(15)17-14(12)19(18-9)11-5-3-2-4-6-11/h2-7H,1H3. The van der Waals surface area contributed by atoms with Crippen molar-refractivity contribution in [3.8, 4) is 11.8 Å². The van der Waals surface area contributed by atoms with Crippen molar-refractivity contribution in [1.82, 2.24) is 14.8 Å². The fourth-order valence-electron chi connectivity index (χ4n) is 1.99. The van der Waals surface area contributed by atoms with Crippen molar-refractivity contribution in [2.75, 3.05) is 0 Å². The normalized spacial score (nSPS) is 10.6. The highest BCUT2D eigenvalue weighted by atomic mass is 35.5. The largest absolute Gasteiger partial charge is 0.215 e. The van der Waals surface area contributed by atoms with E-state index in [2.05, 4.69) is 10.1 Å². The Hall–Kier alpha value is -2.38. The number of hydrogen-bond acceptors (Lipinski definition) is 3. The van der Waals surface area contributed by atoms with E-state index in [0.29, 0.717) is 11.2 Å². The van der Waals surface area contributed by atoms with E-state index in [1.807, 2.05) is 43.3 Å². The number of fused-ring (bicyclic) bond motifs is 1. The van der Waals surface area contributed by atoms with E-state index < -0.39 is 0 Å². The maximum Gasteiger partial charge on any atom is 0.164 e. The first kappa shape index (κ1) is 11.7. The summed E-state index contributed by atoms with van der Waals surface area (Å²) >= 11 is 6.00. The van der Waals surface area contributed by atoms with E-state index in [4.69, 9.17) is 16.9 Å². The summed E-state index contributed by atoms with van der Waals surface area (Å²) in [5.41, 5.74) is 2.76. The molecule has 0 aliphatic rings. The molecule has 92 valence electrons. The van der Waals surface area contributed by atoms with Crippen LogP contribution in [0.5, 0.6) is 0 Å². The molecule has 4 nitrogen and oxygen atoms in total. The number of benzene rings is 1. The van der Waals surface area contributed by atoms with Crippen LogP contribution in [-0.4, -0.2) is 14.8 Å². The van der Waals surface area contributed by atoms with Crippen LogP contribution in [0.25, 0.3) is 16.7 Å². The molecule has 0 aliphatic carbocycles. The number of nitrogens with zero attached hydrogens (tertiary/aromatic N) is 4. The Bertz CT molecular complexity index is 800. The Morgan fingerprint density at radius 2 is 2.00 bits per heavy atom. The predicted molar refractivity (Wildman–Crippen MR) is 73.3 cm³/mol. The van der Waals surface area contributed by atoms with Gasteiger partial charge in [0.05, 0.1) is 16.9 Å². The van der Waals surface area contributed by atoms with Crippen LogP contribution in [0, 0.1) is 18.3 Å². The number of hydrogen-bond donors (Lipinski definition) is 0. The van der Waals surface area contributed by atoms with Gasteiger partial charge in [-0.2, -0.15) is 10.4 Å². The van der Waals surface area contributed by atoms with E-state index in [1.165, 1.54) is 0 Å². The summed E-state index contributed by atoms with van der Waals surface area (Å²) in [6.07, 6.45) is 0. The maximum atomic E-state index is 8.99. The average Bonchev–Trinajstić information content (AvgIpc) is 2.75. The van der Waals surface area contributed by atoms with E-state index in [0.717, 1.165) is 16.8 Å². The molecule has 0 N–H and O–H groups in total. The zero-order chi connectivity index (χ0) is 13.4. The van der Waals surface area contributed by atoms with Gasteiger partial charge in [-0.25, -0.2) is 9.67 Å². The Morgan fingerprint density at radius 3 is 2.68 bits per heavy atom. The highest BCUT2D eigenvalue weighted by Crippen LogP contribution is 2.24. The molecule has 1 aromatic carbocycles. The first-order chi connectivity index (χ1) is 9.20. The monoisotopic (exact) mass is 268 g/mol. The molecule has 0 amide bonds. The topological polar surface area (TPSA) is 54.5 Å². The van der Waals surface area contributed by atoms with Crippen molar-refractivity contribution in [3.05, 3.63) is 52.8 Å². The lowest BCUT2D eigenvalue weighted by molar-refractivity contribution is 0.877. The molecule has 0 saturated carbocycles. The molecule has 0 atom stereocenters. The minimum absolute atomic E-state index is 0.201. The van der Waals surface area contributed by atoms with Crippen molar-refractivity contribution in [2.24, 2.45) is 0 Å². The number of halogens is 1. The minimum Gasteiger partial charge on any atom is -0.215 e. The molecule has 2 heterocycles. The van der Waals surface area contributed by atoms with Gasteiger partial charge < -0.3 is 0 Å². The first-order valence-electron chi connectivity index (χ1n) is 5.72. The van der Waals surface area contributed by atoms with Crippen LogP contribution in [0.1, 0.15) is 11.3 Å². The summed E-state index contributed by atoms with van der Waals surface area (Å²) in [6, 6.07) is 13.5. The maximum absolute atomic E-state index is 8.99. The summed E-state index contributed by atoms with van der Waals surface area (Å²) < 4.78 is 1.73. The summed E-state index contributed by atoms with van der Waals surface area (Å²) in [6.45, 7) is 1.89. The molecular weight excluding hydrogens is 260 g/mol. The van der Waals surface area contributed by atoms with Crippen LogP contribution >= 0.6 is 11.6 Å². The van der Waals surface area contributed by atoms with E-state index in [1.54, 1.807) is 10.7 Å². The van der Waals surface area contributed by atoms with E-state index in [9.17, 15) is 0 Å². The number of nitriles is 1. The van der Waals surface area contributed by atoms with Crippen molar-refractivity contribution in [3.63, 3.8) is 0 Å².